The zero-order valence-electron chi connectivity index (χ0n) is 12.1. The number of nitro benzene ring substituents is 1. The molecule has 0 atom stereocenters. The van der Waals surface area contributed by atoms with E-state index in [0.29, 0.717) is 24.9 Å². The van der Waals surface area contributed by atoms with Crippen LogP contribution < -0.4 is 0 Å². The van der Waals surface area contributed by atoms with Crippen LogP contribution >= 0.6 is 0 Å². The highest BCUT2D eigenvalue weighted by Gasteiger charge is 2.15. The van der Waals surface area contributed by atoms with Gasteiger partial charge in [-0.1, -0.05) is 26.0 Å². The van der Waals surface area contributed by atoms with Gasteiger partial charge in [0.1, 0.15) is 0 Å². The molecule has 2 aromatic rings. The third kappa shape index (κ3) is 2.99. The number of rotatable bonds is 6. The first-order valence-corrected chi connectivity index (χ1v) is 6.87. The molecular weight excluding hydrogens is 270 g/mol. The van der Waals surface area contributed by atoms with Crippen LogP contribution in [-0.2, 0) is 19.4 Å². The lowest BCUT2D eigenvalue weighted by atomic mass is 10.1. The van der Waals surface area contributed by atoms with Crippen molar-refractivity contribution in [2.75, 3.05) is 0 Å². The van der Waals surface area contributed by atoms with Crippen LogP contribution in [0.25, 0.3) is 0 Å². The van der Waals surface area contributed by atoms with Crippen molar-refractivity contribution in [3.63, 3.8) is 0 Å². The Morgan fingerprint density at radius 1 is 1.33 bits per heavy atom. The SMILES string of the molecule is CCc1nn(Cc2cccc([N+](=O)[O-])c2)c(CC)c1C=O. The van der Waals surface area contributed by atoms with Crippen LogP contribution in [0, 0.1) is 10.1 Å². The van der Waals surface area contributed by atoms with E-state index in [1.807, 2.05) is 19.9 Å². The number of nitrogens with zero attached hydrogens (tertiary/aromatic N) is 3. The predicted molar refractivity (Wildman–Crippen MR) is 78.6 cm³/mol. The van der Waals surface area contributed by atoms with Crippen molar-refractivity contribution in [3.8, 4) is 0 Å². The van der Waals surface area contributed by atoms with Crippen LogP contribution in [0.15, 0.2) is 24.3 Å². The third-order valence-electron chi connectivity index (χ3n) is 3.42. The highest BCUT2D eigenvalue weighted by molar-refractivity contribution is 5.78. The third-order valence-corrected chi connectivity index (χ3v) is 3.42. The predicted octanol–water partition coefficient (Wildman–Crippen LogP) is 2.78. The minimum absolute atomic E-state index is 0.0593. The Kier molecular flexibility index (Phi) is 4.47. The number of carbonyl (C=O) groups is 1. The van der Waals surface area contributed by atoms with Gasteiger partial charge < -0.3 is 0 Å². The molecule has 0 bridgehead atoms. The molecule has 6 nitrogen and oxygen atoms in total. The fraction of sp³-hybridized carbons (Fsp3) is 0.333. The van der Waals surface area contributed by atoms with Gasteiger partial charge in [-0.05, 0) is 18.4 Å². The standard InChI is InChI=1S/C15H17N3O3/c1-3-14-13(10-19)15(4-2)17(16-14)9-11-6-5-7-12(8-11)18(20)21/h5-8,10H,3-4,9H2,1-2H3. The molecule has 0 saturated carbocycles. The minimum atomic E-state index is -0.415. The fourth-order valence-corrected chi connectivity index (χ4v) is 2.41. The largest absolute Gasteiger partial charge is 0.298 e. The van der Waals surface area contributed by atoms with Crippen molar-refractivity contribution >= 4 is 12.0 Å². The summed E-state index contributed by atoms with van der Waals surface area (Å²) in [6, 6.07) is 6.47. The van der Waals surface area contributed by atoms with Gasteiger partial charge >= 0.3 is 0 Å². The van der Waals surface area contributed by atoms with Crippen LogP contribution in [0.3, 0.4) is 0 Å². The van der Waals surface area contributed by atoms with Gasteiger partial charge in [-0.15, -0.1) is 0 Å². The first-order chi connectivity index (χ1) is 10.1. The highest BCUT2D eigenvalue weighted by atomic mass is 16.6. The van der Waals surface area contributed by atoms with E-state index in [-0.39, 0.29) is 5.69 Å². The van der Waals surface area contributed by atoms with E-state index >= 15 is 0 Å². The Labute approximate surface area is 122 Å². The van der Waals surface area contributed by atoms with Gasteiger partial charge in [-0.2, -0.15) is 5.10 Å². The number of aryl methyl sites for hydroxylation is 1. The van der Waals surface area contributed by atoms with Crippen molar-refractivity contribution in [1.82, 2.24) is 9.78 Å². The number of hydrogen-bond acceptors (Lipinski definition) is 4. The smallest absolute Gasteiger partial charge is 0.269 e. The second-order valence-electron chi connectivity index (χ2n) is 4.72. The number of benzene rings is 1. The van der Waals surface area contributed by atoms with Gasteiger partial charge in [0.2, 0.25) is 0 Å². The number of aromatic nitrogens is 2. The monoisotopic (exact) mass is 287 g/mol. The van der Waals surface area contributed by atoms with Crippen LogP contribution in [0.4, 0.5) is 5.69 Å². The molecule has 0 fully saturated rings. The summed E-state index contributed by atoms with van der Waals surface area (Å²) in [5, 5.41) is 15.3. The molecule has 2 rings (SSSR count). The average Bonchev–Trinajstić information content (AvgIpc) is 2.83. The lowest BCUT2D eigenvalue weighted by molar-refractivity contribution is -0.384. The molecule has 0 aliphatic heterocycles. The highest BCUT2D eigenvalue weighted by Crippen LogP contribution is 2.18. The fourth-order valence-electron chi connectivity index (χ4n) is 2.41. The molecule has 1 aromatic heterocycles. The first kappa shape index (κ1) is 14.9. The van der Waals surface area contributed by atoms with E-state index in [2.05, 4.69) is 5.10 Å². The Bertz CT molecular complexity index is 677. The second-order valence-corrected chi connectivity index (χ2v) is 4.72. The normalized spacial score (nSPS) is 10.6. The Hall–Kier alpha value is -2.50. The number of hydrogen-bond donors (Lipinski definition) is 0. The van der Waals surface area contributed by atoms with Gasteiger partial charge in [0.05, 0.1) is 22.7 Å². The molecule has 0 aliphatic rings. The van der Waals surface area contributed by atoms with E-state index < -0.39 is 4.92 Å². The van der Waals surface area contributed by atoms with Crippen LogP contribution in [0.5, 0.6) is 0 Å². The van der Waals surface area contributed by atoms with Crippen molar-refractivity contribution in [2.45, 2.75) is 33.2 Å². The molecule has 0 radical (unpaired) electrons. The summed E-state index contributed by atoms with van der Waals surface area (Å²) in [7, 11) is 0. The lowest BCUT2D eigenvalue weighted by Crippen LogP contribution is -2.07. The van der Waals surface area contributed by atoms with E-state index in [4.69, 9.17) is 0 Å². The number of non-ortho nitro benzene ring substituents is 1. The molecule has 1 aromatic carbocycles. The zero-order valence-corrected chi connectivity index (χ0v) is 12.1. The van der Waals surface area contributed by atoms with Crippen LogP contribution in [-0.4, -0.2) is 21.0 Å². The van der Waals surface area contributed by atoms with Gasteiger partial charge in [0.15, 0.2) is 6.29 Å². The summed E-state index contributed by atoms with van der Waals surface area (Å²) in [4.78, 5) is 21.6. The molecular formula is C15H17N3O3. The average molecular weight is 287 g/mol. The zero-order chi connectivity index (χ0) is 15.4. The van der Waals surface area contributed by atoms with Crippen molar-refractivity contribution in [3.05, 3.63) is 56.9 Å². The van der Waals surface area contributed by atoms with Gasteiger partial charge in [0.25, 0.3) is 5.69 Å². The van der Waals surface area contributed by atoms with E-state index in [0.717, 1.165) is 23.2 Å². The summed E-state index contributed by atoms with van der Waals surface area (Å²) in [6.07, 6.45) is 2.22. The molecule has 0 N–H and O–H groups in total. The quantitative estimate of drug-likeness (QED) is 0.465. The maximum Gasteiger partial charge on any atom is 0.269 e. The molecule has 110 valence electrons. The Morgan fingerprint density at radius 3 is 2.67 bits per heavy atom. The number of carbonyl (C=O) groups excluding carboxylic acids is 1. The molecule has 0 aliphatic carbocycles. The number of aldehydes is 1. The first-order valence-electron chi connectivity index (χ1n) is 6.87. The maximum atomic E-state index is 11.2. The van der Waals surface area contributed by atoms with Gasteiger partial charge in [-0.25, -0.2) is 0 Å². The summed E-state index contributed by atoms with van der Waals surface area (Å²) in [6.45, 7) is 4.34. The Morgan fingerprint density at radius 2 is 2.10 bits per heavy atom. The minimum Gasteiger partial charge on any atom is -0.298 e. The van der Waals surface area contributed by atoms with E-state index in [1.54, 1.807) is 10.7 Å². The molecule has 1 heterocycles. The molecule has 0 unspecified atom stereocenters. The number of nitro groups is 1. The second kappa shape index (κ2) is 6.30. The summed E-state index contributed by atoms with van der Waals surface area (Å²) in [5.74, 6) is 0. The summed E-state index contributed by atoms with van der Waals surface area (Å²) >= 11 is 0. The topological polar surface area (TPSA) is 78.0 Å². The van der Waals surface area contributed by atoms with E-state index in [9.17, 15) is 14.9 Å². The molecule has 0 saturated heterocycles. The van der Waals surface area contributed by atoms with Crippen LogP contribution in [0.2, 0.25) is 0 Å². The van der Waals surface area contributed by atoms with Crippen molar-refractivity contribution in [2.24, 2.45) is 0 Å². The van der Waals surface area contributed by atoms with Crippen molar-refractivity contribution < 1.29 is 9.72 Å². The summed E-state index contributed by atoms with van der Waals surface area (Å²) < 4.78 is 1.77. The molecule has 21 heavy (non-hydrogen) atoms. The molecule has 0 spiro atoms. The van der Waals surface area contributed by atoms with E-state index in [1.165, 1.54) is 12.1 Å². The Balaban J connectivity index is 2.39. The molecule has 6 heteroatoms. The molecule has 0 amide bonds. The van der Waals surface area contributed by atoms with Crippen molar-refractivity contribution in [1.29, 1.82) is 0 Å². The maximum absolute atomic E-state index is 11.2. The lowest BCUT2D eigenvalue weighted by Gasteiger charge is -2.06. The van der Waals surface area contributed by atoms with Gasteiger partial charge in [0, 0.05) is 17.8 Å². The van der Waals surface area contributed by atoms with Crippen LogP contribution in [0.1, 0.15) is 41.2 Å². The summed E-state index contributed by atoms with van der Waals surface area (Å²) in [5.41, 5.74) is 3.14. The van der Waals surface area contributed by atoms with Gasteiger partial charge in [-0.3, -0.25) is 19.6 Å².